The van der Waals surface area contributed by atoms with Gasteiger partial charge in [-0.3, -0.25) is 0 Å². The first-order valence-corrected chi connectivity index (χ1v) is 2.95. The van der Waals surface area contributed by atoms with Gasteiger partial charge in [-0.05, 0) is 0 Å². The lowest BCUT2D eigenvalue weighted by Crippen LogP contribution is -2.32. The van der Waals surface area contributed by atoms with E-state index in [9.17, 15) is 8.78 Å². The Morgan fingerprint density at radius 1 is 1.67 bits per heavy atom. The molecule has 3 N–H and O–H groups in total. The van der Waals surface area contributed by atoms with E-state index in [1.54, 1.807) is 0 Å². The fourth-order valence-corrected chi connectivity index (χ4v) is 0.962. The molecular formula is C5H10F2N2. The van der Waals surface area contributed by atoms with Gasteiger partial charge in [-0.2, -0.15) is 0 Å². The number of alkyl halides is 2. The fourth-order valence-electron chi connectivity index (χ4n) is 0.962. The van der Waals surface area contributed by atoms with Crippen LogP contribution in [0.3, 0.4) is 0 Å². The minimum absolute atomic E-state index is 0.0694. The average Bonchev–Trinajstić information content (AvgIpc) is 2.08. The van der Waals surface area contributed by atoms with E-state index in [1.165, 1.54) is 0 Å². The van der Waals surface area contributed by atoms with Crippen LogP contribution in [0.2, 0.25) is 0 Å². The van der Waals surface area contributed by atoms with Crippen molar-refractivity contribution in [2.75, 3.05) is 19.6 Å². The number of rotatable bonds is 1. The summed E-state index contributed by atoms with van der Waals surface area (Å²) >= 11 is 0. The van der Waals surface area contributed by atoms with Gasteiger partial charge < -0.3 is 11.1 Å². The number of halogens is 2. The van der Waals surface area contributed by atoms with Gasteiger partial charge in [-0.1, -0.05) is 0 Å². The molecule has 1 atom stereocenters. The molecular weight excluding hydrogens is 126 g/mol. The second-order valence-corrected chi connectivity index (χ2v) is 2.32. The molecule has 1 rings (SSSR count). The number of hydrogen-bond acceptors (Lipinski definition) is 2. The minimum Gasteiger partial charge on any atom is -0.330 e. The van der Waals surface area contributed by atoms with Crippen LogP contribution >= 0.6 is 0 Å². The predicted molar refractivity (Wildman–Crippen MR) is 30.4 cm³/mol. The Morgan fingerprint density at radius 2 is 2.33 bits per heavy atom. The summed E-state index contributed by atoms with van der Waals surface area (Å²) < 4.78 is 24.9. The summed E-state index contributed by atoms with van der Waals surface area (Å²) in [5.74, 6) is -3.23. The minimum atomic E-state index is -2.57. The van der Waals surface area contributed by atoms with Crippen LogP contribution in [0, 0.1) is 5.92 Å². The highest BCUT2D eigenvalue weighted by Crippen LogP contribution is 2.26. The van der Waals surface area contributed by atoms with Crippen molar-refractivity contribution in [1.82, 2.24) is 5.32 Å². The Kier molecular flexibility index (Phi) is 1.68. The zero-order chi connectivity index (χ0) is 6.91. The molecule has 2 nitrogen and oxygen atoms in total. The summed E-state index contributed by atoms with van der Waals surface area (Å²) in [7, 11) is 0. The van der Waals surface area contributed by atoms with Crippen LogP contribution in [0.4, 0.5) is 8.78 Å². The zero-order valence-electron chi connectivity index (χ0n) is 5.03. The highest BCUT2D eigenvalue weighted by atomic mass is 19.3. The van der Waals surface area contributed by atoms with Gasteiger partial charge in [-0.25, -0.2) is 8.78 Å². The van der Waals surface area contributed by atoms with Gasteiger partial charge in [0.25, 0.3) is 5.92 Å². The SMILES string of the molecule is NC[C@H]1CNCC1(F)F. The zero-order valence-corrected chi connectivity index (χ0v) is 5.03. The lowest BCUT2D eigenvalue weighted by Gasteiger charge is -2.14. The van der Waals surface area contributed by atoms with Crippen molar-refractivity contribution in [2.45, 2.75) is 5.92 Å². The van der Waals surface area contributed by atoms with E-state index in [0.717, 1.165) is 0 Å². The molecule has 0 amide bonds. The Bertz CT molecular complexity index is 105. The van der Waals surface area contributed by atoms with Crippen LogP contribution in [0.1, 0.15) is 0 Å². The smallest absolute Gasteiger partial charge is 0.265 e. The van der Waals surface area contributed by atoms with E-state index >= 15 is 0 Å². The van der Waals surface area contributed by atoms with E-state index in [4.69, 9.17) is 5.73 Å². The lowest BCUT2D eigenvalue weighted by atomic mass is 10.1. The summed E-state index contributed by atoms with van der Waals surface area (Å²) in [6, 6.07) is 0. The average molecular weight is 136 g/mol. The maximum atomic E-state index is 12.5. The van der Waals surface area contributed by atoms with Crippen molar-refractivity contribution in [3.63, 3.8) is 0 Å². The number of nitrogens with one attached hydrogen (secondary N) is 1. The van der Waals surface area contributed by atoms with Crippen molar-refractivity contribution < 1.29 is 8.78 Å². The first kappa shape index (κ1) is 6.89. The largest absolute Gasteiger partial charge is 0.330 e. The summed E-state index contributed by atoms with van der Waals surface area (Å²) in [6.45, 7) is 0.207. The van der Waals surface area contributed by atoms with E-state index in [1.807, 2.05) is 0 Å². The molecule has 1 saturated heterocycles. The first-order chi connectivity index (χ1) is 4.17. The second-order valence-electron chi connectivity index (χ2n) is 2.32. The third-order valence-corrected chi connectivity index (χ3v) is 1.63. The van der Waals surface area contributed by atoms with Gasteiger partial charge >= 0.3 is 0 Å². The van der Waals surface area contributed by atoms with Crippen molar-refractivity contribution in [3.05, 3.63) is 0 Å². The molecule has 0 radical (unpaired) electrons. The van der Waals surface area contributed by atoms with E-state index in [-0.39, 0.29) is 13.1 Å². The van der Waals surface area contributed by atoms with Crippen LogP contribution in [-0.4, -0.2) is 25.6 Å². The molecule has 9 heavy (non-hydrogen) atoms. The van der Waals surface area contributed by atoms with Crippen LogP contribution in [0.15, 0.2) is 0 Å². The number of hydrogen-bond donors (Lipinski definition) is 2. The van der Waals surface area contributed by atoms with E-state index < -0.39 is 11.8 Å². The lowest BCUT2D eigenvalue weighted by molar-refractivity contribution is -0.0180. The molecule has 1 fully saturated rings. The number of nitrogens with two attached hydrogens (primary N) is 1. The normalized spacial score (nSPS) is 33.0. The van der Waals surface area contributed by atoms with Gasteiger partial charge in [0.2, 0.25) is 0 Å². The van der Waals surface area contributed by atoms with Crippen LogP contribution in [0.25, 0.3) is 0 Å². The van der Waals surface area contributed by atoms with Gasteiger partial charge in [0, 0.05) is 19.0 Å². The first-order valence-electron chi connectivity index (χ1n) is 2.95. The molecule has 4 heteroatoms. The standard InChI is InChI=1S/C5H10F2N2/c6-5(7)3-9-2-4(5)1-8/h4,9H,1-3,8H2/t4-/m0/s1. The predicted octanol–water partition coefficient (Wildman–Crippen LogP) is -0.200. The monoisotopic (exact) mass is 136 g/mol. The quantitative estimate of drug-likeness (QED) is 0.524. The van der Waals surface area contributed by atoms with Crippen LogP contribution in [0.5, 0.6) is 0 Å². The molecule has 0 aromatic rings. The summed E-state index contributed by atoms with van der Waals surface area (Å²) in [6.07, 6.45) is 0. The Labute approximate surface area is 52.4 Å². The summed E-state index contributed by atoms with van der Waals surface area (Å²) in [5.41, 5.74) is 5.09. The molecule has 0 aromatic carbocycles. The van der Waals surface area contributed by atoms with Gasteiger partial charge in [0.15, 0.2) is 0 Å². The third kappa shape index (κ3) is 1.19. The Balaban J connectivity index is 2.52. The molecule has 1 aliphatic heterocycles. The second kappa shape index (κ2) is 2.19. The molecule has 0 saturated carbocycles. The van der Waals surface area contributed by atoms with Gasteiger partial charge in [0.1, 0.15) is 0 Å². The van der Waals surface area contributed by atoms with Crippen molar-refractivity contribution >= 4 is 0 Å². The van der Waals surface area contributed by atoms with Crippen molar-refractivity contribution in [2.24, 2.45) is 11.7 Å². The van der Waals surface area contributed by atoms with Gasteiger partial charge in [-0.15, -0.1) is 0 Å². The van der Waals surface area contributed by atoms with Crippen molar-refractivity contribution in [1.29, 1.82) is 0 Å². The van der Waals surface area contributed by atoms with Crippen LogP contribution < -0.4 is 11.1 Å². The molecule has 1 heterocycles. The molecule has 1 aliphatic rings. The molecule has 0 spiro atoms. The molecule has 0 unspecified atom stereocenters. The van der Waals surface area contributed by atoms with Crippen molar-refractivity contribution in [3.8, 4) is 0 Å². The van der Waals surface area contributed by atoms with Crippen LogP contribution in [-0.2, 0) is 0 Å². The highest BCUT2D eigenvalue weighted by molar-refractivity contribution is 4.87. The molecule has 54 valence electrons. The molecule has 0 bridgehead atoms. The fraction of sp³-hybridized carbons (Fsp3) is 1.00. The molecule has 0 aromatic heterocycles. The maximum Gasteiger partial charge on any atom is 0.265 e. The van der Waals surface area contributed by atoms with E-state index in [2.05, 4.69) is 5.32 Å². The Morgan fingerprint density at radius 3 is 2.56 bits per heavy atom. The maximum absolute atomic E-state index is 12.5. The van der Waals surface area contributed by atoms with Gasteiger partial charge in [0.05, 0.1) is 6.54 Å². The summed E-state index contributed by atoms with van der Waals surface area (Å²) in [5, 5.41) is 2.58. The Hall–Kier alpha value is -0.220. The van der Waals surface area contributed by atoms with E-state index in [0.29, 0.717) is 6.54 Å². The summed E-state index contributed by atoms with van der Waals surface area (Å²) in [4.78, 5) is 0. The third-order valence-electron chi connectivity index (χ3n) is 1.63. The topological polar surface area (TPSA) is 38.0 Å². The molecule has 0 aliphatic carbocycles. The highest BCUT2D eigenvalue weighted by Gasteiger charge is 2.42.